The number of anilines is 1. The van der Waals surface area contributed by atoms with E-state index in [2.05, 4.69) is 0 Å². The minimum Gasteiger partial charge on any atom is -0.490 e. The average molecular weight is 250 g/mol. The number of aliphatic hydroxyl groups excluding tert-OH is 1. The van der Waals surface area contributed by atoms with E-state index in [9.17, 15) is 5.11 Å². The maximum absolute atomic E-state index is 9.24. The molecule has 0 saturated heterocycles. The standard InChI is InChI=1S/C14H22N2O2/c1-16(2)11-4-3-5-12(8-11)18-13-6-7-14(15,9-13)10-17/h3-5,8,13,17H,6-7,9-10,15H2,1-2H3. The first-order valence-corrected chi connectivity index (χ1v) is 6.36. The molecule has 0 bridgehead atoms. The first-order chi connectivity index (χ1) is 8.52. The van der Waals surface area contributed by atoms with Crippen LogP contribution in [0.3, 0.4) is 0 Å². The van der Waals surface area contributed by atoms with E-state index >= 15 is 0 Å². The van der Waals surface area contributed by atoms with Gasteiger partial charge in [-0.05, 0) is 25.0 Å². The molecule has 2 rings (SSSR count). The minimum absolute atomic E-state index is 0.0323. The molecule has 1 aromatic rings. The quantitative estimate of drug-likeness (QED) is 0.847. The van der Waals surface area contributed by atoms with Crippen molar-refractivity contribution in [1.82, 2.24) is 0 Å². The summed E-state index contributed by atoms with van der Waals surface area (Å²) in [5.41, 5.74) is 6.71. The molecule has 100 valence electrons. The molecule has 0 aromatic heterocycles. The Morgan fingerprint density at radius 2 is 2.28 bits per heavy atom. The number of hydrogen-bond acceptors (Lipinski definition) is 4. The van der Waals surface area contributed by atoms with Crippen molar-refractivity contribution >= 4 is 5.69 Å². The molecule has 4 nitrogen and oxygen atoms in total. The van der Waals surface area contributed by atoms with Gasteiger partial charge in [-0.15, -0.1) is 0 Å². The van der Waals surface area contributed by atoms with E-state index in [0.717, 1.165) is 30.7 Å². The fraction of sp³-hybridized carbons (Fsp3) is 0.571. The minimum atomic E-state index is -0.455. The molecule has 1 fully saturated rings. The summed E-state index contributed by atoms with van der Waals surface area (Å²) in [6.07, 6.45) is 2.56. The lowest BCUT2D eigenvalue weighted by atomic mass is 10.0. The molecule has 4 heteroatoms. The average Bonchev–Trinajstić information content (AvgIpc) is 2.72. The lowest BCUT2D eigenvalue weighted by Gasteiger charge is -2.21. The van der Waals surface area contributed by atoms with Gasteiger partial charge in [0.15, 0.2) is 0 Å². The molecule has 1 aromatic carbocycles. The number of rotatable bonds is 4. The Morgan fingerprint density at radius 1 is 1.50 bits per heavy atom. The van der Waals surface area contributed by atoms with Crippen LogP contribution in [-0.2, 0) is 0 Å². The Morgan fingerprint density at radius 3 is 2.89 bits per heavy atom. The fourth-order valence-corrected chi connectivity index (χ4v) is 2.38. The number of aliphatic hydroxyl groups is 1. The molecule has 2 atom stereocenters. The van der Waals surface area contributed by atoms with E-state index in [1.807, 2.05) is 43.3 Å². The normalized spacial score (nSPS) is 27.2. The van der Waals surface area contributed by atoms with Crippen LogP contribution < -0.4 is 15.4 Å². The third-order valence-electron chi connectivity index (χ3n) is 3.55. The Kier molecular flexibility index (Phi) is 3.78. The Bertz CT molecular complexity index is 409. The molecule has 0 amide bonds. The molecule has 1 saturated carbocycles. The first kappa shape index (κ1) is 13.2. The number of benzene rings is 1. The van der Waals surface area contributed by atoms with Gasteiger partial charge in [0, 0.05) is 37.8 Å². The SMILES string of the molecule is CN(C)c1cccc(OC2CCC(N)(CO)C2)c1. The lowest BCUT2D eigenvalue weighted by Crippen LogP contribution is -2.41. The molecule has 18 heavy (non-hydrogen) atoms. The second-order valence-electron chi connectivity index (χ2n) is 5.39. The van der Waals surface area contributed by atoms with E-state index in [0.29, 0.717) is 0 Å². The summed E-state index contributed by atoms with van der Waals surface area (Å²) >= 11 is 0. The zero-order chi connectivity index (χ0) is 13.2. The molecule has 0 heterocycles. The monoisotopic (exact) mass is 250 g/mol. The van der Waals surface area contributed by atoms with Gasteiger partial charge in [-0.25, -0.2) is 0 Å². The molecule has 3 N–H and O–H groups in total. The van der Waals surface area contributed by atoms with E-state index in [1.165, 1.54) is 0 Å². The van der Waals surface area contributed by atoms with Crippen molar-refractivity contribution in [2.24, 2.45) is 5.73 Å². The van der Waals surface area contributed by atoms with Crippen LogP contribution in [0.2, 0.25) is 0 Å². The summed E-state index contributed by atoms with van der Waals surface area (Å²) in [6.45, 7) is 0.0323. The van der Waals surface area contributed by atoms with Gasteiger partial charge in [0.25, 0.3) is 0 Å². The largest absolute Gasteiger partial charge is 0.490 e. The van der Waals surface area contributed by atoms with Gasteiger partial charge >= 0.3 is 0 Å². The van der Waals surface area contributed by atoms with Gasteiger partial charge < -0.3 is 20.5 Å². The van der Waals surface area contributed by atoms with Crippen LogP contribution >= 0.6 is 0 Å². The summed E-state index contributed by atoms with van der Waals surface area (Å²) in [7, 11) is 4.01. The highest BCUT2D eigenvalue weighted by Gasteiger charge is 2.36. The van der Waals surface area contributed by atoms with Crippen LogP contribution in [0, 0.1) is 0 Å². The zero-order valence-corrected chi connectivity index (χ0v) is 11.1. The molecular formula is C14H22N2O2. The van der Waals surface area contributed by atoms with Gasteiger partial charge in [0.1, 0.15) is 11.9 Å². The summed E-state index contributed by atoms with van der Waals surface area (Å²) in [5.74, 6) is 0.869. The van der Waals surface area contributed by atoms with E-state index in [4.69, 9.17) is 10.5 Å². The van der Waals surface area contributed by atoms with Crippen LogP contribution in [0.1, 0.15) is 19.3 Å². The predicted molar refractivity (Wildman–Crippen MR) is 73.0 cm³/mol. The van der Waals surface area contributed by atoms with Crippen LogP contribution in [0.15, 0.2) is 24.3 Å². The molecule has 1 aliphatic rings. The molecule has 0 aliphatic heterocycles. The first-order valence-electron chi connectivity index (χ1n) is 6.36. The van der Waals surface area contributed by atoms with Crippen LogP contribution in [0.4, 0.5) is 5.69 Å². The second-order valence-corrected chi connectivity index (χ2v) is 5.39. The van der Waals surface area contributed by atoms with Crippen LogP contribution in [-0.4, -0.2) is 37.5 Å². The topological polar surface area (TPSA) is 58.7 Å². The molecule has 0 spiro atoms. The molecule has 1 aliphatic carbocycles. The van der Waals surface area contributed by atoms with Gasteiger partial charge in [-0.3, -0.25) is 0 Å². The fourth-order valence-electron chi connectivity index (χ4n) is 2.38. The van der Waals surface area contributed by atoms with Crippen molar-refractivity contribution in [3.63, 3.8) is 0 Å². The molecular weight excluding hydrogens is 228 g/mol. The number of nitrogens with zero attached hydrogens (tertiary/aromatic N) is 1. The third kappa shape index (κ3) is 2.94. The van der Waals surface area contributed by atoms with Crippen molar-refractivity contribution in [1.29, 1.82) is 0 Å². The molecule has 0 radical (unpaired) electrons. The highest BCUT2D eigenvalue weighted by Crippen LogP contribution is 2.31. The van der Waals surface area contributed by atoms with Gasteiger partial charge in [-0.1, -0.05) is 6.07 Å². The second kappa shape index (κ2) is 5.16. The number of nitrogens with two attached hydrogens (primary N) is 1. The smallest absolute Gasteiger partial charge is 0.121 e. The summed E-state index contributed by atoms with van der Waals surface area (Å²) in [4.78, 5) is 2.04. The van der Waals surface area contributed by atoms with Gasteiger partial charge in [0.2, 0.25) is 0 Å². The highest BCUT2D eigenvalue weighted by molar-refractivity contribution is 5.49. The number of ether oxygens (including phenoxy) is 1. The Hall–Kier alpha value is -1.26. The van der Waals surface area contributed by atoms with Crippen molar-refractivity contribution in [2.75, 3.05) is 25.6 Å². The van der Waals surface area contributed by atoms with Crippen molar-refractivity contribution < 1.29 is 9.84 Å². The van der Waals surface area contributed by atoms with Gasteiger partial charge in [0.05, 0.1) is 6.61 Å². The van der Waals surface area contributed by atoms with Crippen molar-refractivity contribution in [3.8, 4) is 5.75 Å². The highest BCUT2D eigenvalue weighted by atomic mass is 16.5. The van der Waals surface area contributed by atoms with E-state index in [-0.39, 0.29) is 12.7 Å². The van der Waals surface area contributed by atoms with E-state index < -0.39 is 5.54 Å². The van der Waals surface area contributed by atoms with E-state index in [1.54, 1.807) is 0 Å². The summed E-state index contributed by atoms with van der Waals surface area (Å²) in [6, 6.07) is 8.02. The molecule has 2 unspecified atom stereocenters. The maximum Gasteiger partial charge on any atom is 0.121 e. The lowest BCUT2D eigenvalue weighted by molar-refractivity contribution is 0.166. The number of hydrogen-bond donors (Lipinski definition) is 2. The van der Waals surface area contributed by atoms with Crippen LogP contribution in [0.25, 0.3) is 0 Å². The van der Waals surface area contributed by atoms with Crippen molar-refractivity contribution in [3.05, 3.63) is 24.3 Å². The maximum atomic E-state index is 9.24. The predicted octanol–water partition coefficient (Wildman–Crippen LogP) is 1.37. The summed E-state index contributed by atoms with van der Waals surface area (Å²) < 4.78 is 5.95. The van der Waals surface area contributed by atoms with Crippen molar-refractivity contribution in [2.45, 2.75) is 30.9 Å². The Labute approximate surface area is 108 Å². The van der Waals surface area contributed by atoms with Crippen LogP contribution in [0.5, 0.6) is 5.75 Å². The summed E-state index contributed by atoms with van der Waals surface area (Å²) in [5, 5.41) is 9.24. The Balaban J connectivity index is 2.00. The third-order valence-corrected chi connectivity index (χ3v) is 3.55. The zero-order valence-electron chi connectivity index (χ0n) is 11.1. The van der Waals surface area contributed by atoms with Gasteiger partial charge in [-0.2, -0.15) is 0 Å².